The molecule has 0 spiro atoms. The minimum atomic E-state index is -4.80. The molecule has 0 radical (unpaired) electrons. The number of benzene rings is 1. The van der Waals surface area contributed by atoms with E-state index in [0.29, 0.717) is 12.1 Å². The molecule has 0 bridgehead atoms. The maximum Gasteiger partial charge on any atom is 1.00 e. The van der Waals surface area contributed by atoms with E-state index in [-0.39, 0.29) is 31.0 Å². The predicted molar refractivity (Wildman–Crippen MR) is 50.5 cm³/mol. The first-order valence-corrected chi connectivity index (χ1v) is 6.42. The Balaban J connectivity index is 0. The van der Waals surface area contributed by atoms with Crippen LogP contribution >= 0.6 is 0 Å². The van der Waals surface area contributed by atoms with Crippen molar-refractivity contribution in [2.75, 3.05) is 0 Å². The number of hydrogen-bond donors (Lipinski definition) is 4. The molecule has 0 aromatic heterocycles. The number of phenols is 2. The van der Waals surface area contributed by atoms with Gasteiger partial charge >= 0.3 is 29.6 Å². The molecule has 0 fully saturated rings. The van der Waals surface area contributed by atoms with Gasteiger partial charge in [-0.05, 0) is 0 Å². The topological polar surface area (TPSA) is 149 Å². The third-order valence-electron chi connectivity index (χ3n) is 1.60. The van der Waals surface area contributed by atoms with Gasteiger partial charge in [-0.25, -0.2) is 0 Å². The van der Waals surface area contributed by atoms with Crippen LogP contribution in [0.4, 0.5) is 0 Å². The summed E-state index contributed by atoms with van der Waals surface area (Å²) in [4.78, 5) is -2.14. The van der Waals surface area contributed by atoms with Gasteiger partial charge in [0.15, 0.2) is 0 Å². The van der Waals surface area contributed by atoms with Gasteiger partial charge in [0.1, 0.15) is 21.3 Å². The average molecular weight is 294 g/mol. The summed E-state index contributed by atoms with van der Waals surface area (Å²) in [5.74, 6) is -2.24. The van der Waals surface area contributed by atoms with Gasteiger partial charge in [-0.2, -0.15) is 16.8 Å². The van der Waals surface area contributed by atoms with E-state index in [2.05, 4.69) is 0 Å². The van der Waals surface area contributed by atoms with Crippen LogP contribution in [0.15, 0.2) is 21.9 Å². The van der Waals surface area contributed by atoms with Crippen LogP contribution in [0.3, 0.4) is 0 Å². The van der Waals surface area contributed by atoms with Gasteiger partial charge in [-0.1, -0.05) is 0 Å². The minimum absolute atomic E-state index is 0. The van der Waals surface area contributed by atoms with Crippen LogP contribution in [0.5, 0.6) is 11.5 Å². The van der Waals surface area contributed by atoms with Crippen LogP contribution in [-0.4, -0.2) is 36.2 Å². The fraction of sp³-hybridized carbons (Fsp3) is 0. The van der Waals surface area contributed by atoms with Gasteiger partial charge in [0.05, 0.1) is 0 Å². The summed E-state index contributed by atoms with van der Waals surface area (Å²) in [6.45, 7) is 0. The Morgan fingerprint density at radius 2 is 1.06 bits per heavy atom. The standard InChI is InChI=1S/C6H6O8S2.Na.H/c7-3-1-5(15(9,10)11)4(8)2-6(3)16(12,13)14;;/h1-2,7-8H,(H,9,10,11)(H,12,13,14);;/q;+1;-1. The third-order valence-corrected chi connectivity index (χ3v) is 3.36. The zero-order valence-electron chi connectivity index (χ0n) is 9.39. The molecule has 1 aromatic rings. The van der Waals surface area contributed by atoms with Crippen molar-refractivity contribution in [2.24, 2.45) is 0 Å². The largest absolute Gasteiger partial charge is 1.00 e. The van der Waals surface area contributed by atoms with Crippen LogP contribution in [0, 0.1) is 0 Å². The van der Waals surface area contributed by atoms with Gasteiger partial charge in [-0.3, -0.25) is 9.11 Å². The molecule has 11 heteroatoms. The molecule has 0 aliphatic rings. The molecule has 0 aliphatic heterocycles. The summed E-state index contributed by atoms with van der Waals surface area (Å²) in [6.07, 6.45) is 0. The molecule has 0 aliphatic carbocycles. The quantitative estimate of drug-likeness (QED) is 0.252. The Bertz CT molecular complexity index is 580. The Morgan fingerprint density at radius 1 is 0.824 bits per heavy atom. The van der Waals surface area contributed by atoms with E-state index in [9.17, 15) is 16.8 Å². The zero-order valence-corrected chi connectivity index (χ0v) is 12.0. The predicted octanol–water partition coefficient (Wildman–Crippen LogP) is -3.29. The number of hydrogen-bond acceptors (Lipinski definition) is 6. The van der Waals surface area contributed by atoms with Crippen molar-refractivity contribution >= 4 is 20.2 Å². The third kappa shape index (κ3) is 3.81. The molecule has 8 nitrogen and oxygen atoms in total. The Hall–Kier alpha value is -0.360. The first kappa shape index (κ1) is 16.6. The summed E-state index contributed by atoms with van der Waals surface area (Å²) < 4.78 is 59.7. The van der Waals surface area contributed by atoms with Crippen LogP contribution in [0.1, 0.15) is 1.43 Å². The van der Waals surface area contributed by atoms with Crippen LogP contribution in [0.2, 0.25) is 0 Å². The van der Waals surface area contributed by atoms with Crippen LogP contribution in [0.25, 0.3) is 0 Å². The summed E-state index contributed by atoms with van der Waals surface area (Å²) >= 11 is 0. The number of phenolic OH excluding ortho intramolecular Hbond substituents is 2. The second kappa shape index (κ2) is 5.10. The fourth-order valence-corrected chi connectivity index (χ4v) is 2.12. The first-order valence-electron chi connectivity index (χ1n) is 3.54. The van der Waals surface area contributed by atoms with E-state index in [0.717, 1.165) is 0 Å². The molecule has 92 valence electrons. The Labute approximate surface area is 120 Å². The van der Waals surface area contributed by atoms with Gasteiger partial charge in [0.25, 0.3) is 20.2 Å². The van der Waals surface area contributed by atoms with Gasteiger partial charge in [0.2, 0.25) is 0 Å². The smallest absolute Gasteiger partial charge is 1.00 e. The first-order chi connectivity index (χ1) is 7.03. The van der Waals surface area contributed by atoms with E-state index in [1.165, 1.54) is 0 Å². The molecule has 0 amide bonds. The van der Waals surface area contributed by atoms with Crippen molar-refractivity contribution in [3.05, 3.63) is 12.1 Å². The zero-order chi connectivity index (χ0) is 12.7. The average Bonchev–Trinajstić information content (AvgIpc) is 2.04. The normalized spacial score (nSPS) is 11.9. The van der Waals surface area contributed by atoms with E-state index in [1.54, 1.807) is 0 Å². The minimum Gasteiger partial charge on any atom is -1.00 e. The van der Waals surface area contributed by atoms with Crippen molar-refractivity contribution < 1.29 is 67.1 Å². The molecule has 1 aromatic carbocycles. The van der Waals surface area contributed by atoms with Crippen molar-refractivity contribution in [2.45, 2.75) is 9.79 Å². The summed E-state index contributed by atoms with van der Waals surface area (Å²) in [5, 5.41) is 18.2. The second-order valence-corrected chi connectivity index (χ2v) is 5.52. The molecular weight excluding hydrogens is 287 g/mol. The maximum atomic E-state index is 10.6. The maximum absolute atomic E-state index is 10.6. The molecule has 0 saturated carbocycles. The SMILES string of the molecule is O=S(=O)(O)c1cc(O)c(S(=O)(=O)O)cc1O.[H-].[Na+]. The monoisotopic (exact) mass is 294 g/mol. The summed E-state index contributed by atoms with van der Waals surface area (Å²) in [5.41, 5.74) is 0. The van der Waals surface area contributed by atoms with E-state index >= 15 is 0 Å². The summed E-state index contributed by atoms with van der Waals surface area (Å²) in [6, 6.07) is 0.599. The molecule has 0 saturated heterocycles. The molecular formula is C6H7NaO8S2. The summed E-state index contributed by atoms with van der Waals surface area (Å²) in [7, 11) is -9.61. The van der Waals surface area contributed by atoms with Crippen LogP contribution < -0.4 is 29.6 Å². The van der Waals surface area contributed by atoms with Crippen molar-refractivity contribution in [1.29, 1.82) is 0 Å². The van der Waals surface area contributed by atoms with Crippen molar-refractivity contribution in [3.63, 3.8) is 0 Å². The fourth-order valence-electron chi connectivity index (χ4n) is 0.952. The molecule has 0 unspecified atom stereocenters. The molecule has 17 heavy (non-hydrogen) atoms. The van der Waals surface area contributed by atoms with Crippen molar-refractivity contribution in [3.8, 4) is 11.5 Å². The van der Waals surface area contributed by atoms with Gasteiger partial charge in [0, 0.05) is 12.1 Å². The molecule has 1 rings (SSSR count). The Morgan fingerprint density at radius 3 is 1.24 bits per heavy atom. The molecule has 0 heterocycles. The number of rotatable bonds is 2. The van der Waals surface area contributed by atoms with Crippen molar-refractivity contribution in [1.82, 2.24) is 0 Å². The Kier molecular flexibility index (Phi) is 4.99. The molecule has 4 N–H and O–H groups in total. The van der Waals surface area contributed by atoms with Gasteiger partial charge < -0.3 is 11.6 Å². The van der Waals surface area contributed by atoms with E-state index in [1.807, 2.05) is 0 Å². The second-order valence-electron chi connectivity index (χ2n) is 2.74. The van der Waals surface area contributed by atoms with E-state index in [4.69, 9.17) is 19.3 Å². The van der Waals surface area contributed by atoms with Gasteiger partial charge in [-0.15, -0.1) is 0 Å². The van der Waals surface area contributed by atoms with Crippen LogP contribution in [-0.2, 0) is 20.2 Å². The number of aromatic hydroxyl groups is 2. The molecule has 0 atom stereocenters. The van der Waals surface area contributed by atoms with E-state index < -0.39 is 41.5 Å².